The topological polar surface area (TPSA) is 82.8 Å². The second-order valence-corrected chi connectivity index (χ2v) is 8.60. The summed E-state index contributed by atoms with van der Waals surface area (Å²) in [6.07, 6.45) is 1.88. The molecule has 1 atom stereocenters. The zero-order valence-corrected chi connectivity index (χ0v) is 19.6. The fraction of sp³-hybridized carbons (Fsp3) is 0.138. The van der Waals surface area contributed by atoms with Crippen LogP contribution in [0, 0.1) is 12.7 Å². The van der Waals surface area contributed by atoms with Gasteiger partial charge in [-0.1, -0.05) is 66.6 Å². The molecule has 5 nitrogen and oxygen atoms in total. The van der Waals surface area contributed by atoms with Crippen molar-refractivity contribution in [3.8, 4) is 11.1 Å². The Morgan fingerprint density at radius 2 is 1.61 bits per heavy atom. The molecule has 2 N–H and O–H groups in total. The molecule has 184 valence electrons. The highest BCUT2D eigenvalue weighted by atomic mass is 35.5. The summed E-state index contributed by atoms with van der Waals surface area (Å²) in [7, 11) is 0. The number of nitrogens with zero attached hydrogens (tertiary/aromatic N) is 2. The first-order valence-electron chi connectivity index (χ1n) is 10.9. The predicted octanol–water partition coefficient (Wildman–Crippen LogP) is 7.58. The molecule has 1 unspecified atom stereocenters. The van der Waals surface area contributed by atoms with E-state index in [2.05, 4.69) is 10.1 Å². The van der Waals surface area contributed by atoms with Gasteiger partial charge in [0.25, 0.3) is 0 Å². The smallest absolute Gasteiger partial charge is 0.335 e. The van der Waals surface area contributed by atoms with E-state index in [-0.39, 0.29) is 19.4 Å². The molecule has 1 heterocycles. The van der Waals surface area contributed by atoms with Crippen LogP contribution < -0.4 is 0 Å². The van der Waals surface area contributed by atoms with Gasteiger partial charge < -0.3 is 10.3 Å². The van der Waals surface area contributed by atoms with E-state index in [1.54, 1.807) is 48.7 Å². The van der Waals surface area contributed by atoms with Crippen LogP contribution in [0.15, 0.2) is 90.2 Å². The van der Waals surface area contributed by atoms with Crippen LogP contribution in [0.2, 0.25) is 5.02 Å². The summed E-state index contributed by atoms with van der Waals surface area (Å²) in [6.45, 7) is 1.84. The number of hydrogen-bond acceptors (Lipinski definition) is 4. The molecule has 4 rings (SSSR count). The van der Waals surface area contributed by atoms with E-state index in [0.29, 0.717) is 21.9 Å². The first-order valence-corrected chi connectivity index (χ1v) is 11.3. The number of carboxylic acid groups (broad SMARTS) is 1. The Labute approximate surface area is 214 Å². The Morgan fingerprint density at radius 1 is 0.972 bits per heavy atom. The van der Waals surface area contributed by atoms with Crippen LogP contribution in [-0.2, 0) is 0 Å². The minimum absolute atomic E-state index is 0. The molecule has 0 saturated carbocycles. The van der Waals surface area contributed by atoms with E-state index in [1.165, 1.54) is 6.07 Å². The molecule has 3 aromatic carbocycles. The number of carboxylic acids is 1. The minimum Gasteiger partial charge on any atom is -0.478 e. The van der Waals surface area contributed by atoms with Gasteiger partial charge in [-0.3, -0.25) is 4.98 Å². The summed E-state index contributed by atoms with van der Waals surface area (Å²) in [4.78, 5) is 15.3. The van der Waals surface area contributed by atoms with Gasteiger partial charge in [0, 0.05) is 34.8 Å². The lowest BCUT2D eigenvalue weighted by Crippen LogP contribution is -2.12. The van der Waals surface area contributed by atoms with Gasteiger partial charge in [-0.15, -0.1) is 0 Å². The van der Waals surface area contributed by atoms with Crippen LogP contribution in [0.4, 0.5) is 4.39 Å². The summed E-state index contributed by atoms with van der Waals surface area (Å²) in [5.74, 6) is -1.88. The largest absolute Gasteiger partial charge is 0.478 e. The van der Waals surface area contributed by atoms with Crippen LogP contribution in [0.25, 0.3) is 11.1 Å². The second-order valence-electron chi connectivity index (χ2n) is 8.16. The molecule has 1 aromatic heterocycles. The molecular formula is C29H26ClFN2O3. The Morgan fingerprint density at radius 3 is 2.17 bits per heavy atom. The number of aromatic nitrogens is 1. The second kappa shape index (κ2) is 11.6. The SMILES string of the molecule is C.Cc1cc(/C(CC(c2ccc(-c3ccc(C(=O)O)cc3)cc2)c2ccc(Cl)cc2F)=N/O)ccn1. The molecule has 7 heteroatoms. The number of hydrogen-bond donors (Lipinski definition) is 2. The van der Waals surface area contributed by atoms with Crippen molar-refractivity contribution in [1.82, 2.24) is 4.98 Å². The van der Waals surface area contributed by atoms with Gasteiger partial charge in [0.1, 0.15) is 5.82 Å². The fourth-order valence-electron chi connectivity index (χ4n) is 4.04. The molecule has 0 spiro atoms. The lowest BCUT2D eigenvalue weighted by Gasteiger charge is -2.20. The first-order chi connectivity index (χ1) is 16.9. The maximum Gasteiger partial charge on any atom is 0.335 e. The molecule has 4 aromatic rings. The van der Waals surface area contributed by atoms with Crippen molar-refractivity contribution < 1.29 is 19.5 Å². The van der Waals surface area contributed by atoms with Crippen molar-refractivity contribution in [2.24, 2.45) is 5.16 Å². The molecule has 0 saturated heterocycles. The molecule has 0 amide bonds. The van der Waals surface area contributed by atoms with E-state index in [0.717, 1.165) is 22.4 Å². The third-order valence-corrected chi connectivity index (χ3v) is 6.10. The zero-order valence-electron chi connectivity index (χ0n) is 18.8. The van der Waals surface area contributed by atoms with Gasteiger partial charge in [-0.2, -0.15) is 0 Å². The molecular weight excluding hydrogens is 479 g/mol. The number of rotatable bonds is 7. The predicted molar refractivity (Wildman–Crippen MR) is 141 cm³/mol. The van der Waals surface area contributed by atoms with Crippen molar-refractivity contribution in [3.05, 3.63) is 124 Å². The summed E-state index contributed by atoms with van der Waals surface area (Å²) >= 11 is 5.99. The monoisotopic (exact) mass is 504 g/mol. The average molecular weight is 505 g/mol. The van der Waals surface area contributed by atoms with Gasteiger partial charge in [-0.05, 0) is 65.6 Å². The summed E-state index contributed by atoms with van der Waals surface area (Å²) in [5.41, 5.74) is 5.10. The number of aromatic carboxylic acids is 1. The van der Waals surface area contributed by atoms with E-state index >= 15 is 4.39 Å². The van der Waals surface area contributed by atoms with Gasteiger partial charge in [0.15, 0.2) is 0 Å². The Bertz CT molecular complexity index is 1390. The lowest BCUT2D eigenvalue weighted by molar-refractivity contribution is 0.0697. The number of oxime groups is 1. The minimum atomic E-state index is -0.981. The normalized spacial score (nSPS) is 12.0. The zero-order chi connectivity index (χ0) is 24.9. The number of halogens is 2. The Kier molecular flexibility index (Phi) is 8.56. The van der Waals surface area contributed by atoms with Crippen LogP contribution in [0.3, 0.4) is 0 Å². The lowest BCUT2D eigenvalue weighted by atomic mass is 9.84. The van der Waals surface area contributed by atoms with Crippen molar-refractivity contribution in [3.63, 3.8) is 0 Å². The van der Waals surface area contributed by atoms with E-state index in [4.69, 9.17) is 16.7 Å². The maximum absolute atomic E-state index is 15.0. The van der Waals surface area contributed by atoms with Crippen molar-refractivity contribution in [2.45, 2.75) is 26.7 Å². The molecule has 0 aliphatic heterocycles. The van der Waals surface area contributed by atoms with Gasteiger partial charge in [-0.25, -0.2) is 9.18 Å². The number of carbonyl (C=O) groups is 1. The third kappa shape index (κ3) is 5.96. The molecule has 0 aliphatic rings. The number of aryl methyl sites for hydroxylation is 1. The molecule has 36 heavy (non-hydrogen) atoms. The summed E-state index contributed by atoms with van der Waals surface area (Å²) < 4.78 is 15.0. The summed E-state index contributed by atoms with van der Waals surface area (Å²) in [6, 6.07) is 22.3. The van der Waals surface area contributed by atoms with Crippen molar-refractivity contribution in [2.75, 3.05) is 0 Å². The third-order valence-electron chi connectivity index (χ3n) is 5.86. The van der Waals surface area contributed by atoms with Crippen molar-refractivity contribution in [1.29, 1.82) is 0 Å². The van der Waals surface area contributed by atoms with Gasteiger partial charge >= 0.3 is 5.97 Å². The quantitative estimate of drug-likeness (QED) is 0.154. The highest BCUT2D eigenvalue weighted by molar-refractivity contribution is 6.30. The molecule has 0 aliphatic carbocycles. The standard InChI is InChI=1S/C28H22ClFN2O3.CH4/c1-17-14-22(12-13-31-17)27(32-35)16-25(24-11-10-23(29)15-26(24)30)20-6-2-18(3-7-20)19-4-8-21(9-5-19)28(33)34;/h2-15,25,35H,16H2,1H3,(H,33,34);1H4/b32-27+;. The van der Waals surface area contributed by atoms with E-state index < -0.39 is 17.7 Å². The highest BCUT2D eigenvalue weighted by Crippen LogP contribution is 2.34. The molecule has 0 radical (unpaired) electrons. The molecule has 0 fully saturated rings. The Balaban J connectivity index is 0.00000361. The van der Waals surface area contributed by atoms with E-state index in [1.807, 2.05) is 37.3 Å². The van der Waals surface area contributed by atoms with Crippen LogP contribution in [0.5, 0.6) is 0 Å². The van der Waals surface area contributed by atoms with Crippen LogP contribution in [-0.4, -0.2) is 27.0 Å². The first kappa shape index (κ1) is 26.6. The molecule has 0 bridgehead atoms. The summed E-state index contributed by atoms with van der Waals surface area (Å²) in [5, 5.41) is 22.7. The maximum atomic E-state index is 15.0. The van der Waals surface area contributed by atoms with Crippen molar-refractivity contribution >= 4 is 23.3 Å². The fourth-order valence-corrected chi connectivity index (χ4v) is 4.20. The van der Waals surface area contributed by atoms with Crippen LogP contribution in [0.1, 0.15) is 52.5 Å². The van der Waals surface area contributed by atoms with Gasteiger partial charge in [0.2, 0.25) is 0 Å². The highest BCUT2D eigenvalue weighted by Gasteiger charge is 2.22. The Hall–Kier alpha value is -4.03. The number of benzene rings is 3. The van der Waals surface area contributed by atoms with Crippen LogP contribution >= 0.6 is 11.6 Å². The van der Waals surface area contributed by atoms with Gasteiger partial charge in [0.05, 0.1) is 11.3 Å². The number of pyridine rings is 1. The average Bonchev–Trinajstić information content (AvgIpc) is 2.86. The van der Waals surface area contributed by atoms with E-state index in [9.17, 15) is 10.0 Å².